The molecule has 0 aliphatic carbocycles. The second-order valence-corrected chi connectivity index (χ2v) is 5.74. The fourth-order valence-corrected chi connectivity index (χ4v) is 3.22. The van der Waals surface area contributed by atoms with Gasteiger partial charge < -0.3 is 5.11 Å². The number of benzene rings is 1. The Bertz CT molecular complexity index is 597. The Kier molecular flexibility index (Phi) is 3.99. The summed E-state index contributed by atoms with van der Waals surface area (Å²) in [6, 6.07) is 10.8. The van der Waals surface area contributed by atoms with Crippen LogP contribution in [-0.2, 0) is 6.54 Å². The van der Waals surface area contributed by atoms with Gasteiger partial charge in [-0.05, 0) is 44.0 Å². The molecule has 0 spiro atoms. The number of likely N-dealkylation sites (tertiary alicyclic amines) is 1. The second-order valence-electron chi connectivity index (χ2n) is 5.74. The lowest BCUT2D eigenvalue weighted by Gasteiger charge is -2.34. The van der Waals surface area contributed by atoms with Gasteiger partial charge >= 0.3 is 0 Å². The predicted octanol–water partition coefficient (Wildman–Crippen LogP) is 2.89. The molecule has 1 atom stereocenters. The zero-order chi connectivity index (χ0) is 13.9. The highest BCUT2D eigenvalue weighted by Gasteiger charge is 2.22. The Morgan fingerprint density at radius 3 is 3.00 bits per heavy atom. The number of aromatic nitrogens is 1. The van der Waals surface area contributed by atoms with Crippen LogP contribution in [0.1, 0.15) is 30.5 Å². The van der Waals surface area contributed by atoms with Gasteiger partial charge in [0.15, 0.2) is 0 Å². The molecule has 0 saturated carbocycles. The van der Waals surface area contributed by atoms with Gasteiger partial charge in [-0.2, -0.15) is 0 Å². The van der Waals surface area contributed by atoms with Crippen molar-refractivity contribution in [1.29, 1.82) is 0 Å². The molecular formula is C17H22N2O. The SMILES string of the molecule is Cc1cc(CN2CCCC[C@@H]2CO)c2ccccc2n1. The van der Waals surface area contributed by atoms with Crippen LogP contribution in [0.25, 0.3) is 10.9 Å². The van der Waals surface area contributed by atoms with Crippen molar-refractivity contribution in [2.24, 2.45) is 0 Å². The van der Waals surface area contributed by atoms with Crippen LogP contribution >= 0.6 is 0 Å². The van der Waals surface area contributed by atoms with Gasteiger partial charge in [-0.1, -0.05) is 24.6 Å². The molecule has 0 unspecified atom stereocenters. The van der Waals surface area contributed by atoms with Gasteiger partial charge in [-0.3, -0.25) is 9.88 Å². The summed E-state index contributed by atoms with van der Waals surface area (Å²) < 4.78 is 0. The Balaban J connectivity index is 1.93. The van der Waals surface area contributed by atoms with Crippen molar-refractivity contribution >= 4 is 10.9 Å². The van der Waals surface area contributed by atoms with E-state index < -0.39 is 0 Å². The summed E-state index contributed by atoms with van der Waals surface area (Å²) in [5, 5.41) is 10.8. The highest BCUT2D eigenvalue weighted by atomic mass is 16.3. The van der Waals surface area contributed by atoms with E-state index >= 15 is 0 Å². The molecule has 106 valence electrons. The third-order valence-electron chi connectivity index (χ3n) is 4.26. The van der Waals surface area contributed by atoms with E-state index in [1.54, 1.807) is 0 Å². The molecule has 0 amide bonds. The summed E-state index contributed by atoms with van der Waals surface area (Å²) in [6.07, 6.45) is 3.58. The molecule has 1 aromatic carbocycles. The molecule has 3 heteroatoms. The Labute approximate surface area is 120 Å². The number of nitrogens with zero attached hydrogens (tertiary/aromatic N) is 2. The molecule has 2 heterocycles. The van der Waals surface area contributed by atoms with Crippen molar-refractivity contribution in [2.45, 2.75) is 38.8 Å². The van der Waals surface area contributed by atoms with Gasteiger partial charge in [-0.15, -0.1) is 0 Å². The van der Waals surface area contributed by atoms with Crippen LogP contribution in [0.4, 0.5) is 0 Å². The fraction of sp³-hybridized carbons (Fsp3) is 0.471. The molecule has 2 aromatic rings. The monoisotopic (exact) mass is 270 g/mol. The number of aliphatic hydroxyl groups excluding tert-OH is 1. The van der Waals surface area contributed by atoms with Gasteiger partial charge in [0.1, 0.15) is 0 Å². The van der Waals surface area contributed by atoms with Crippen molar-refractivity contribution in [3.63, 3.8) is 0 Å². The number of pyridine rings is 1. The summed E-state index contributed by atoms with van der Waals surface area (Å²) in [5.41, 5.74) is 3.46. The largest absolute Gasteiger partial charge is 0.395 e. The molecule has 1 fully saturated rings. The first-order valence-electron chi connectivity index (χ1n) is 7.48. The normalized spacial score (nSPS) is 20.4. The first-order chi connectivity index (χ1) is 9.78. The number of piperidine rings is 1. The third-order valence-corrected chi connectivity index (χ3v) is 4.26. The van der Waals surface area contributed by atoms with Crippen LogP contribution in [0.15, 0.2) is 30.3 Å². The molecular weight excluding hydrogens is 248 g/mol. The van der Waals surface area contributed by atoms with Crippen LogP contribution in [-0.4, -0.2) is 34.2 Å². The maximum atomic E-state index is 9.55. The summed E-state index contributed by atoms with van der Waals surface area (Å²) >= 11 is 0. The first kappa shape index (κ1) is 13.5. The molecule has 1 aliphatic rings. The molecule has 1 aromatic heterocycles. The van der Waals surface area contributed by atoms with Gasteiger partial charge in [0.05, 0.1) is 12.1 Å². The highest BCUT2D eigenvalue weighted by molar-refractivity contribution is 5.82. The van der Waals surface area contributed by atoms with Gasteiger partial charge in [0.2, 0.25) is 0 Å². The minimum atomic E-state index is 0.266. The second kappa shape index (κ2) is 5.90. The maximum absolute atomic E-state index is 9.55. The number of para-hydroxylation sites is 1. The van der Waals surface area contributed by atoms with Crippen LogP contribution in [0.3, 0.4) is 0 Å². The summed E-state index contributed by atoms with van der Waals surface area (Å²) in [7, 11) is 0. The van der Waals surface area contributed by atoms with Crippen molar-refractivity contribution < 1.29 is 5.11 Å². The van der Waals surface area contributed by atoms with Crippen LogP contribution in [0.2, 0.25) is 0 Å². The standard InChI is InChI=1S/C17H22N2O/c1-13-10-14(16-7-2-3-8-17(16)18-13)11-19-9-5-4-6-15(19)12-20/h2-3,7-8,10,15,20H,4-6,9,11-12H2,1H3/t15-/m1/s1. The van der Waals surface area contributed by atoms with Crippen LogP contribution < -0.4 is 0 Å². The molecule has 0 bridgehead atoms. The van der Waals surface area contributed by atoms with Crippen molar-refractivity contribution in [2.75, 3.05) is 13.2 Å². The Morgan fingerprint density at radius 2 is 2.15 bits per heavy atom. The summed E-state index contributed by atoms with van der Waals surface area (Å²) in [6.45, 7) is 4.31. The first-order valence-corrected chi connectivity index (χ1v) is 7.48. The molecule has 1 N–H and O–H groups in total. The van der Waals surface area contributed by atoms with E-state index in [1.165, 1.54) is 23.8 Å². The number of aryl methyl sites for hydroxylation is 1. The topological polar surface area (TPSA) is 36.4 Å². The van der Waals surface area contributed by atoms with E-state index in [-0.39, 0.29) is 6.61 Å². The average molecular weight is 270 g/mol. The molecule has 3 rings (SSSR count). The number of aliphatic hydroxyl groups is 1. The quantitative estimate of drug-likeness (QED) is 0.931. The zero-order valence-electron chi connectivity index (χ0n) is 12.0. The number of fused-ring (bicyclic) bond motifs is 1. The number of rotatable bonds is 3. The Hall–Kier alpha value is -1.45. The smallest absolute Gasteiger partial charge is 0.0708 e. The number of hydrogen-bond acceptors (Lipinski definition) is 3. The van der Waals surface area contributed by atoms with Crippen molar-refractivity contribution in [1.82, 2.24) is 9.88 Å². The van der Waals surface area contributed by atoms with E-state index in [9.17, 15) is 5.11 Å². The lowest BCUT2D eigenvalue weighted by molar-refractivity contribution is 0.0844. The number of hydrogen-bond donors (Lipinski definition) is 1. The van der Waals surface area contributed by atoms with Gasteiger partial charge in [0.25, 0.3) is 0 Å². The summed E-state index contributed by atoms with van der Waals surface area (Å²) in [5.74, 6) is 0. The highest BCUT2D eigenvalue weighted by Crippen LogP contribution is 2.24. The van der Waals surface area contributed by atoms with Crippen molar-refractivity contribution in [3.05, 3.63) is 41.6 Å². The molecule has 1 aliphatic heterocycles. The summed E-state index contributed by atoms with van der Waals surface area (Å²) in [4.78, 5) is 7.02. The zero-order valence-corrected chi connectivity index (χ0v) is 12.0. The van der Waals surface area contributed by atoms with Crippen LogP contribution in [0, 0.1) is 6.92 Å². The fourth-order valence-electron chi connectivity index (χ4n) is 3.22. The molecule has 20 heavy (non-hydrogen) atoms. The van der Waals surface area contributed by atoms with E-state index in [0.29, 0.717) is 6.04 Å². The van der Waals surface area contributed by atoms with Gasteiger partial charge in [-0.25, -0.2) is 0 Å². The van der Waals surface area contributed by atoms with Crippen LogP contribution in [0.5, 0.6) is 0 Å². The average Bonchev–Trinajstić information content (AvgIpc) is 2.47. The van der Waals surface area contributed by atoms with E-state index in [2.05, 4.69) is 41.1 Å². The molecule has 3 nitrogen and oxygen atoms in total. The third kappa shape index (κ3) is 2.69. The van der Waals surface area contributed by atoms with E-state index in [1.807, 2.05) is 6.07 Å². The lowest BCUT2D eigenvalue weighted by atomic mass is 10.0. The maximum Gasteiger partial charge on any atom is 0.0708 e. The minimum Gasteiger partial charge on any atom is -0.395 e. The predicted molar refractivity (Wildman–Crippen MR) is 81.6 cm³/mol. The van der Waals surface area contributed by atoms with E-state index in [0.717, 1.165) is 30.7 Å². The lowest BCUT2D eigenvalue weighted by Crippen LogP contribution is -2.41. The van der Waals surface area contributed by atoms with E-state index in [4.69, 9.17) is 0 Å². The minimum absolute atomic E-state index is 0.266. The Morgan fingerprint density at radius 1 is 1.30 bits per heavy atom. The molecule has 1 saturated heterocycles. The van der Waals surface area contributed by atoms with Crippen molar-refractivity contribution in [3.8, 4) is 0 Å². The molecule has 0 radical (unpaired) electrons. The van der Waals surface area contributed by atoms with Gasteiger partial charge in [0, 0.05) is 23.7 Å².